The monoisotopic (exact) mass is 393 g/mol. The summed E-state index contributed by atoms with van der Waals surface area (Å²) in [6.45, 7) is 4.94. The molecule has 0 radical (unpaired) electrons. The van der Waals surface area contributed by atoms with Gasteiger partial charge >= 0.3 is 0 Å². The number of ether oxygens (including phenoxy) is 1. The van der Waals surface area contributed by atoms with E-state index < -0.39 is 0 Å². The quantitative estimate of drug-likeness (QED) is 0.792. The number of hydrogen-bond acceptors (Lipinski definition) is 4. The van der Waals surface area contributed by atoms with Crippen molar-refractivity contribution in [3.05, 3.63) is 60.2 Å². The van der Waals surface area contributed by atoms with Crippen LogP contribution in [0.4, 0.5) is 11.4 Å². The molecule has 1 heterocycles. The summed E-state index contributed by atoms with van der Waals surface area (Å²) in [5.41, 5.74) is 2.86. The Morgan fingerprint density at radius 3 is 2.38 bits per heavy atom. The molecule has 3 unspecified atom stereocenters. The van der Waals surface area contributed by atoms with Crippen LogP contribution in [0.2, 0.25) is 0 Å². The molecule has 2 aromatic rings. The zero-order valence-corrected chi connectivity index (χ0v) is 16.6. The zero-order chi connectivity index (χ0) is 20.2. The van der Waals surface area contributed by atoms with Crippen molar-refractivity contribution in [2.45, 2.75) is 19.4 Å². The largest absolute Gasteiger partial charge is 0.378 e. The summed E-state index contributed by atoms with van der Waals surface area (Å²) in [6, 6.07) is 17.6. The number of carbonyl (C=O) groups is 2. The van der Waals surface area contributed by atoms with Gasteiger partial charge in [-0.15, -0.1) is 0 Å². The van der Waals surface area contributed by atoms with Crippen LogP contribution in [0.5, 0.6) is 0 Å². The third-order valence-electron chi connectivity index (χ3n) is 5.64. The lowest BCUT2D eigenvalue weighted by Crippen LogP contribution is -2.36. The molecule has 1 aliphatic carbocycles. The van der Waals surface area contributed by atoms with Crippen LogP contribution in [0.25, 0.3) is 0 Å². The van der Waals surface area contributed by atoms with Crippen molar-refractivity contribution in [3.8, 4) is 0 Å². The number of rotatable bonds is 6. The third-order valence-corrected chi connectivity index (χ3v) is 5.64. The number of amides is 2. The Kier molecular flexibility index (Phi) is 5.81. The van der Waals surface area contributed by atoms with Gasteiger partial charge in [-0.2, -0.15) is 0 Å². The minimum absolute atomic E-state index is 0.0528. The number of morpholine rings is 1. The molecule has 1 saturated carbocycles. The van der Waals surface area contributed by atoms with Crippen LogP contribution in [0, 0.1) is 11.8 Å². The molecule has 152 valence electrons. The predicted octanol–water partition coefficient (Wildman–Crippen LogP) is 2.98. The number of nitrogens with zero attached hydrogens (tertiary/aromatic N) is 1. The Morgan fingerprint density at radius 2 is 1.62 bits per heavy atom. The van der Waals surface area contributed by atoms with Crippen molar-refractivity contribution in [1.82, 2.24) is 5.32 Å². The summed E-state index contributed by atoms with van der Waals surface area (Å²) in [4.78, 5) is 27.5. The summed E-state index contributed by atoms with van der Waals surface area (Å²) in [5, 5.41) is 6.07. The van der Waals surface area contributed by atoms with E-state index in [2.05, 4.69) is 15.5 Å². The van der Waals surface area contributed by atoms with Crippen molar-refractivity contribution in [2.75, 3.05) is 36.5 Å². The lowest BCUT2D eigenvalue weighted by Gasteiger charge is -2.30. The summed E-state index contributed by atoms with van der Waals surface area (Å²) in [7, 11) is 0. The molecule has 1 aliphatic heterocycles. The molecular formula is C23H27N3O3. The minimum Gasteiger partial charge on any atom is -0.378 e. The molecule has 0 aromatic heterocycles. The molecule has 2 aliphatic rings. The summed E-state index contributed by atoms with van der Waals surface area (Å²) in [5.74, 6) is -0.659. The first kappa shape index (κ1) is 19.5. The fourth-order valence-corrected chi connectivity index (χ4v) is 3.80. The summed E-state index contributed by atoms with van der Waals surface area (Å²) in [6.07, 6.45) is 0.596. The van der Waals surface area contributed by atoms with E-state index >= 15 is 0 Å². The summed E-state index contributed by atoms with van der Waals surface area (Å²) < 4.78 is 5.42. The first-order valence-corrected chi connectivity index (χ1v) is 10.2. The topological polar surface area (TPSA) is 70.7 Å². The van der Waals surface area contributed by atoms with Gasteiger partial charge in [0.25, 0.3) is 0 Å². The number of carbonyl (C=O) groups excluding carboxylic acids is 2. The van der Waals surface area contributed by atoms with Crippen LogP contribution in [-0.2, 0) is 14.3 Å². The van der Waals surface area contributed by atoms with Crippen molar-refractivity contribution in [1.29, 1.82) is 0 Å². The number of hydrogen-bond donors (Lipinski definition) is 2. The molecule has 0 bridgehead atoms. The lowest BCUT2D eigenvalue weighted by molar-refractivity contribution is -0.125. The molecule has 3 atom stereocenters. The highest BCUT2D eigenvalue weighted by atomic mass is 16.5. The van der Waals surface area contributed by atoms with Gasteiger partial charge in [0.2, 0.25) is 11.8 Å². The van der Waals surface area contributed by atoms with Gasteiger partial charge in [0.1, 0.15) is 0 Å². The maximum atomic E-state index is 12.7. The van der Waals surface area contributed by atoms with Gasteiger partial charge in [0.05, 0.1) is 42.5 Å². The molecule has 6 nitrogen and oxygen atoms in total. The Bertz CT molecular complexity index is 865. The standard InChI is InChI=1S/C23H27N3O3/c1-16(17-7-3-2-4-8-17)24-22(27)18-15-19(18)23(28)25-20-9-5-6-10-21(20)26-11-13-29-14-12-26/h2-10,16,18-19H,11-15H2,1H3,(H,24,27)(H,25,28). The average molecular weight is 393 g/mol. The zero-order valence-electron chi connectivity index (χ0n) is 16.6. The van der Waals surface area contributed by atoms with Gasteiger partial charge in [-0.05, 0) is 31.0 Å². The molecule has 2 amide bonds. The molecule has 4 rings (SSSR count). The van der Waals surface area contributed by atoms with Crippen LogP contribution < -0.4 is 15.5 Å². The highest BCUT2D eigenvalue weighted by Gasteiger charge is 2.48. The maximum Gasteiger partial charge on any atom is 0.228 e. The van der Waals surface area contributed by atoms with Gasteiger partial charge in [-0.25, -0.2) is 0 Å². The van der Waals surface area contributed by atoms with Crippen LogP contribution in [0.1, 0.15) is 24.9 Å². The second-order valence-corrected chi connectivity index (χ2v) is 7.70. The highest BCUT2D eigenvalue weighted by Crippen LogP contribution is 2.40. The fourth-order valence-electron chi connectivity index (χ4n) is 3.80. The van der Waals surface area contributed by atoms with Crippen molar-refractivity contribution < 1.29 is 14.3 Å². The predicted molar refractivity (Wildman–Crippen MR) is 113 cm³/mol. The molecule has 1 saturated heterocycles. The van der Waals surface area contributed by atoms with Crippen LogP contribution in [0.15, 0.2) is 54.6 Å². The smallest absolute Gasteiger partial charge is 0.228 e. The number of nitrogens with one attached hydrogen (secondary N) is 2. The fraction of sp³-hybridized carbons (Fsp3) is 0.391. The molecule has 6 heteroatoms. The van der Waals surface area contributed by atoms with E-state index in [4.69, 9.17) is 4.74 Å². The molecule has 29 heavy (non-hydrogen) atoms. The molecule has 2 aromatic carbocycles. The van der Waals surface area contributed by atoms with E-state index in [1.165, 1.54) is 0 Å². The van der Waals surface area contributed by atoms with Crippen molar-refractivity contribution >= 4 is 23.2 Å². The summed E-state index contributed by atoms with van der Waals surface area (Å²) >= 11 is 0. The van der Waals surface area contributed by atoms with Gasteiger partial charge in [-0.3, -0.25) is 9.59 Å². The van der Waals surface area contributed by atoms with E-state index in [0.29, 0.717) is 19.6 Å². The van der Waals surface area contributed by atoms with Crippen LogP contribution in [0.3, 0.4) is 0 Å². The Morgan fingerprint density at radius 1 is 0.966 bits per heavy atom. The van der Waals surface area contributed by atoms with Crippen molar-refractivity contribution in [2.24, 2.45) is 11.8 Å². The second kappa shape index (κ2) is 8.66. The van der Waals surface area contributed by atoms with E-state index in [0.717, 1.165) is 30.0 Å². The SMILES string of the molecule is CC(NC(=O)C1CC1C(=O)Nc1ccccc1N1CCOCC1)c1ccccc1. The molecular weight excluding hydrogens is 366 g/mol. The van der Waals surface area contributed by atoms with Gasteiger partial charge in [0, 0.05) is 13.1 Å². The molecule has 0 spiro atoms. The Labute approximate surface area is 171 Å². The number of benzene rings is 2. The van der Waals surface area contributed by atoms with Crippen LogP contribution in [-0.4, -0.2) is 38.1 Å². The minimum atomic E-state index is -0.268. The maximum absolute atomic E-state index is 12.7. The van der Waals surface area contributed by atoms with E-state index in [9.17, 15) is 9.59 Å². The normalized spacial score (nSPS) is 21.9. The third kappa shape index (κ3) is 4.59. The lowest BCUT2D eigenvalue weighted by atomic mass is 10.1. The second-order valence-electron chi connectivity index (χ2n) is 7.70. The van der Waals surface area contributed by atoms with Gasteiger partial charge in [0.15, 0.2) is 0 Å². The van der Waals surface area contributed by atoms with E-state index in [1.54, 1.807) is 0 Å². The molecule has 2 fully saturated rings. The highest BCUT2D eigenvalue weighted by molar-refractivity contribution is 6.01. The van der Waals surface area contributed by atoms with E-state index in [-0.39, 0.29) is 29.7 Å². The number of para-hydroxylation sites is 2. The van der Waals surface area contributed by atoms with Gasteiger partial charge in [-0.1, -0.05) is 42.5 Å². The first-order valence-electron chi connectivity index (χ1n) is 10.2. The Balaban J connectivity index is 1.34. The Hall–Kier alpha value is -2.86. The van der Waals surface area contributed by atoms with Crippen molar-refractivity contribution in [3.63, 3.8) is 0 Å². The van der Waals surface area contributed by atoms with Crippen LogP contribution >= 0.6 is 0 Å². The van der Waals surface area contributed by atoms with E-state index in [1.807, 2.05) is 61.5 Å². The molecule has 2 N–H and O–H groups in total. The first-order chi connectivity index (χ1) is 14.1. The average Bonchev–Trinajstić information content (AvgIpc) is 3.57. The number of anilines is 2. The van der Waals surface area contributed by atoms with Gasteiger partial charge < -0.3 is 20.3 Å².